The first kappa shape index (κ1) is 16.4. The third-order valence-corrected chi connectivity index (χ3v) is 4.62. The Morgan fingerprint density at radius 1 is 1.21 bits per heavy atom. The summed E-state index contributed by atoms with van der Waals surface area (Å²) in [6.45, 7) is 1.83. The molecule has 0 aliphatic heterocycles. The predicted molar refractivity (Wildman–Crippen MR) is 96.1 cm³/mol. The Hall–Kier alpha value is -2.44. The van der Waals surface area contributed by atoms with Crippen LogP contribution in [0.4, 0.5) is 0 Å². The van der Waals surface area contributed by atoms with Gasteiger partial charge in [-0.15, -0.1) is 11.3 Å². The fourth-order valence-electron chi connectivity index (χ4n) is 2.58. The molecule has 2 heterocycles. The van der Waals surface area contributed by atoms with Crippen molar-refractivity contribution in [2.45, 2.75) is 13.0 Å². The van der Waals surface area contributed by atoms with Crippen LogP contribution in [-0.2, 0) is 17.8 Å². The molecular weight excluding hydrogens is 320 g/mol. The van der Waals surface area contributed by atoms with Crippen molar-refractivity contribution in [1.82, 2.24) is 14.7 Å². The van der Waals surface area contributed by atoms with Crippen molar-refractivity contribution < 1.29 is 4.79 Å². The van der Waals surface area contributed by atoms with E-state index in [4.69, 9.17) is 5.73 Å². The number of carbonyl (C=O) groups is 1. The second kappa shape index (κ2) is 7.90. The summed E-state index contributed by atoms with van der Waals surface area (Å²) in [6.07, 6.45) is 4.56. The first-order valence-corrected chi connectivity index (χ1v) is 8.71. The molecule has 0 bridgehead atoms. The van der Waals surface area contributed by atoms with Crippen LogP contribution in [0, 0.1) is 0 Å². The van der Waals surface area contributed by atoms with Gasteiger partial charge in [-0.1, -0.05) is 18.2 Å². The molecule has 0 unspecified atom stereocenters. The molecule has 1 amide bonds. The number of amides is 1. The molecule has 5 nitrogen and oxygen atoms in total. The average Bonchev–Trinajstić information content (AvgIpc) is 3.26. The highest BCUT2D eigenvalue weighted by molar-refractivity contribution is 7.09. The molecule has 0 saturated carbocycles. The Balaban J connectivity index is 1.60. The zero-order chi connectivity index (χ0) is 16.8. The van der Waals surface area contributed by atoms with Crippen molar-refractivity contribution in [2.24, 2.45) is 5.73 Å². The number of hydrogen-bond acceptors (Lipinski definition) is 4. The topological polar surface area (TPSA) is 64.2 Å². The lowest BCUT2D eigenvalue weighted by Crippen LogP contribution is -2.34. The molecule has 0 aliphatic carbocycles. The third kappa shape index (κ3) is 4.53. The average molecular weight is 340 g/mol. The number of aromatic nitrogens is 2. The lowest BCUT2D eigenvalue weighted by molar-refractivity contribution is -0.119. The monoisotopic (exact) mass is 340 g/mol. The molecule has 0 aliphatic rings. The summed E-state index contributed by atoms with van der Waals surface area (Å²) in [5.74, 6) is -0.291. The minimum Gasteiger partial charge on any atom is -0.369 e. The standard InChI is InChI=1S/C18H20N4OS/c19-18(23)14-21(13-17-3-1-12-24-17)11-8-15-4-6-16(7-5-15)22-10-2-9-20-22/h1-7,9-10,12H,8,11,13-14H2,(H2,19,23). The number of hydrogen-bond donors (Lipinski definition) is 1. The van der Waals surface area contributed by atoms with Crippen molar-refractivity contribution in [3.8, 4) is 5.69 Å². The second-order valence-electron chi connectivity index (χ2n) is 5.62. The van der Waals surface area contributed by atoms with Gasteiger partial charge in [-0.25, -0.2) is 4.68 Å². The molecule has 0 atom stereocenters. The number of rotatable bonds is 8. The zero-order valence-corrected chi connectivity index (χ0v) is 14.2. The van der Waals surface area contributed by atoms with Crippen LogP contribution >= 0.6 is 11.3 Å². The van der Waals surface area contributed by atoms with Gasteiger partial charge in [0.05, 0.1) is 12.2 Å². The number of primary amides is 1. The Kier molecular flexibility index (Phi) is 5.40. The lowest BCUT2D eigenvalue weighted by Gasteiger charge is -2.20. The van der Waals surface area contributed by atoms with Crippen LogP contribution in [-0.4, -0.2) is 33.7 Å². The van der Waals surface area contributed by atoms with Gasteiger partial charge in [0.15, 0.2) is 0 Å². The summed E-state index contributed by atoms with van der Waals surface area (Å²) in [5.41, 5.74) is 7.64. The Morgan fingerprint density at radius 3 is 2.67 bits per heavy atom. The van der Waals surface area contributed by atoms with Crippen LogP contribution in [0.1, 0.15) is 10.4 Å². The van der Waals surface area contributed by atoms with Crippen LogP contribution in [0.15, 0.2) is 60.2 Å². The number of benzene rings is 1. The minimum atomic E-state index is -0.291. The van der Waals surface area contributed by atoms with Crippen molar-refractivity contribution >= 4 is 17.2 Å². The summed E-state index contributed by atoms with van der Waals surface area (Å²) >= 11 is 1.70. The maximum atomic E-state index is 11.3. The van der Waals surface area contributed by atoms with E-state index in [0.29, 0.717) is 0 Å². The molecule has 0 spiro atoms. The van der Waals surface area contributed by atoms with Gasteiger partial charge >= 0.3 is 0 Å². The molecule has 2 N–H and O–H groups in total. The predicted octanol–water partition coefficient (Wildman–Crippen LogP) is 2.46. The quantitative estimate of drug-likeness (QED) is 0.685. The lowest BCUT2D eigenvalue weighted by atomic mass is 10.1. The molecule has 3 aromatic rings. The van der Waals surface area contributed by atoms with E-state index in [-0.39, 0.29) is 12.5 Å². The van der Waals surface area contributed by atoms with E-state index in [1.807, 2.05) is 28.4 Å². The molecule has 0 fully saturated rings. The van der Waals surface area contributed by atoms with E-state index in [1.165, 1.54) is 10.4 Å². The van der Waals surface area contributed by atoms with Gasteiger partial charge in [0.25, 0.3) is 0 Å². The largest absolute Gasteiger partial charge is 0.369 e. The summed E-state index contributed by atoms with van der Waals surface area (Å²) in [6, 6.07) is 14.3. The normalized spacial score (nSPS) is 11.0. The molecule has 0 saturated heterocycles. The van der Waals surface area contributed by atoms with Crippen LogP contribution < -0.4 is 5.73 Å². The minimum absolute atomic E-state index is 0.281. The zero-order valence-electron chi connectivity index (χ0n) is 13.3. The molecule has 2 aromatic heterocycles. The van der Waals surface area contributed by atoms with E-state index < -0.39 is 0 Å². The number of nitrogens with zero attached hydrogens (tertiary/aromatic N) is 3. The number of nitrogens with two attached hydrogens (primary N) is 1. The summed E-state index contributed by atoms with van der Waals surface area (Å²) in [5, 5.41) is 6.27. The summed E-state index contributed by atoms with van der Waals surface area (Å²) in [7, 11) is 0. The molecule has 6 heteroatoms. The first-order valence-electron chi connectivity index (χ1n) is 7.83. The molecular formula is C18H20N4OS. The van der Waals surface area contributed by atoms with Gasteiger partial charge in [-0.05, 0) is 41.6 Å². The fourth-order valence-corrected chi connectivity index (χ4v) is 3.33. The van der Waals surface area contributed by atoms with Crippen molar-refractivity contribution in [1.29, 1.82) is 0 Å². The van der Waals surface area contributed by atoms with Gasteiger partial charge in [0, 0.05) is 30.4 Å². The maximum absolute atomic E-state index is 11.3. The van der Waals surface area contributed by atoms with E-state index in [0.717, 1.165) is 25.2 Å². The van der Waals surface area contributed by atoms with Gasteiger partial charge < -0.3 is 5.73 Å². The van der Waals surface area contributed by atoms with Gasteiger partial charge in [-0.3, -0.25) is 9.69 Å². The molecule has 24 heavy (non-hydrogen) atoms. The van der Waals surface area contributed by atoms with Crippen LogP contribution in [0.3, 0.4) is 0 Å². The van der Waals surface area contributed by atoms with Crippen LogP contribution in [0.2, 0.25) is 0 Å². The van der Waals surface area contributed by atoms with Crippen LogP contribution in [0.25, 0.3) is 5.69 Å². The first-order chi connectivity index (χ1) is 11.7. The van der Waals surface area contributed by atoms with Crippen molar-refractivity contribution in [3.63, 3.8) is 0 Å². The number of thiophene rings is 1. The summed E-state index contributed by atoms with van der Waals surface area (Å²) < 4.78 is 1.83. The highest BCUT2D eigenvalue weighted by Gasteiger charge is 2.10. The highest BCUT2D eigenvalue weighted by Crippen LogP contribution is 2.13. The Labute approximate surface area is 145 Å². The van der Waals surface area contributed by atoms with Crippen molar-refractivity contribution in [3.05, 3.63) is 70.7 Å². The van der Waals surface area contributed by atoms with Crippen molar-refractivity contribution in [2.75, 3.05) is 13.1 Å². The smallest absolute Gasteiger partial charge is 0.231 e. The van der Waals surface area contributed by atoms with E-state index in [1.54, 1.807) is 17.5 Å². The molecule has 1 aromatic carbocycles. The van der Waals surface area contributed by atoms with E-state index >= 15 is 0 Å². The van der Waals surface area contributed by atoms with Gasteiger partial charge in [-0.2, -0.15) is 5.10 Å². The summed E-state index contributed by atoms with van der Waals surface area (Å²) in [4.78, 5) is 14.6. The second-order valence-corrected chi connectivity index (χ2v) is 6.66. The molecule has 0 radical (unpaired) electrons. The molecule has 124 valence electrons. The van der Waals surface area contributed by atoms with Gasteiger partial charge in [0.1, 0.15) is 0 Å². The van der Waals surface area contributed by atoms with E-state index in [9.17, 15) is 4.79 Å². The van der Waals surface area contributed by atoms with E-state index in [2.05, 4.69) is 40.3 Å². The Morgan fingerprint density at radius 2 is 2.04 bits per heavy atom. The highest BCUT2D eigenvalue weighted by atomic mass is 32.1. The maximum Gasteiger partial charge on any atom is 0.231 e. The number of carbonyl (C=O) groups excluding carboxylic acids is 1. The van der Waals surface area contributed by atoms with Gasteiger partial charge in [0.2, 0.25) is 5.91 Å². The Bertz CT molecular complexity index is 751. The third-order valence-electron chi connectivity index (χ3n) is 3.76. The molecule has 3 rings (SSSR count). The SMILES string of the molecule is NC(=O)CN(CCc1ccc(-n2cccn2)cc1)Cc1cccs1. The van der Waals surface area contributed by atoms with Crippen LogP contribution in [0.5, 0.6) is 0 Å². The fraction of sp³-hybridized carbons (Fsp3) is 0.222.